The van der Waals surface area contributed by atoms with Gasteiger partial charge in [-0.25, -0.2) is 6.08 Å². The van der Waals surface area contributed by atoms with Gasteiger partial charge in [0.1, 0.15) is 0 Å². The Morgan fingerprint density at radius 2 is 1.36 bits per heavy atom. The van der Waals surface area contributed by atoms with Gasteiger partial charge in [0.25, 0.3) is 0 Å². The maximum absolute atomic E-state index is 3.26. The maximum atomic E-state index is 3.26. The van der Waals surface area contributed by atoms with Crippen molar-refractivity contribution in [3.63, 3.8) is 0 Å². The van der Waals surface area contributed by atoms with Crippen LogP contribution in [0.25, 0.3) is 21.5 Å². The fourth-order valence-electron chi connectivity index (χ4n) is 2.96. The van der Waals surface area contributed by atoms with E-state index in [-0.39, 0.29) is 12.4 Å². The van der Waals surface area contributed by atoms with Gasteiger partial charge in [-0.15, -0.1) is 52.2 Å². The van der Waals surface area contributed by atoms with E-state index < -0.39 is 0 Å². The zero-order valence-electron chi connectivity index (χ0n) is 17.8. The van der Waals surface area contributed by atoms with Gasteiger partial charge in [0.05, 0.1) is 0 Å². The first-order valence-electron chi connectivity index (χ1n) is 9.55. The number of halogens is 1. The average Bonchev–Trinajstić information content (AvgIpc) is 3.18. The Kier molecular flexibility index (Phi) is 9.89. The molecule has 0 nitrogen and oxygen atoms in total. The largest absolute Gasteiger partial charge is 0.147 e. The SMILES string of the molecule is CC1[C-]=CC(C(C)(C)C)=C1.C[C](C)=[Zr+2].Cl.c1ccc2c(c1)[cH-]c1ccccc12. The van der Waals surface area contributed by atoms with Crippen molar-refractivity contribution in [3.05, 3.63) is 78.4 Å². The molecule has 2 heteroatoms. The third-order valence-electron chi connectivity index (χ3n) is 4.32. The molecule has 0 heterocycles. The molecule has 0 spiro atoms. The molecule has 28 heavy (non-hydrogen) atoms. The number of fused-ring (bicyclic) bond motifs is 3. The van der Waals surface area contributed by atoms with E-state index in [0.29, 0.717) is 11.3 Å². The van der Waals surface area contributed by atoms with E-state index >= 15 is 0 Å². The van der Waals surface area contributed by atoms with Crippen LogP contribution in [-0.4, -0.2) is 3.21 Å². The summed E-state index contributed by atoms with van der Waals surface area (Å²) in [5, 5.41) is 5.39. The Morgan fingerprint density at radius 3 is 1.68 bits per heavy atom. The van der Waals surface area contributed by atoms with Gasteiger partial charge >= 0.3 is 41.3 Å². The minimum Gasteiger partial charge on any atom is -0.147 e. The molecule has 0 amide bonds. The molecule has 0 fully saturated rings. The third kappa shape index (κ3) is 7.34. The second-order valence-corrected chi connectivity index (χ2v) is 10.7. The van der Waals surface area contributed by atoms with E-state index in [0.717, 1.165) is 0 Å². The molecule has 4 rings (SSSR count). The summed E-state index contributed by atoms with van der Waals surface area (Å²) in [4.78, 5) is 0. The number of allylic oxidation sites excluding steroid dienone is 4. The number of hydrogen-bond acceptors (Lipinski definition) is 0. The van der Waals surface area contributed by atoms with Crippen molar-refractivity contribution in [1.82, 2.24) is 0 Å². The minimum absolute atomic E-state index is 0. The van der Waals surface area contributed by atoms with E-state index in [2.05, 4.69) is 114 Å². The summed E-state index contributed by atoms with van der Waals surface area (Å²) in [5.41, 5.74) is 1.72. The van der Waals surface area contributed by atoms with Crippen molar-refractivity contribution in [2.75, 3.05) is 0 Å². The number of hydrogen-bond donors (Lipinski definition) is 0. The van der Waals surface area contributed by atoms with Crippen LogP contribution in [0.4, 0.5) is 0 Å². The van der Waals surface area contributed by atoms with Gasteiger partial charge in [0.15, 0.2) is 0 Å². The Labute approximate surface area is 191 Å². The van der Waals surface area contributed by atoms with E-state index in [1.165, 1.54) is 30.3 Å². The van der Waals surface area contributed by atoms with Crippen LogP contribution < -0.4 is 0 Å². The maximum Gasteiger partial charge on any atom is -0.0771 e. The van der Waals surface area contributed by atoms with Crippen LogP contribution in [0.5, 0.6) is 0 Å². The Bertz CT molecular complexity index is 912. The normalized spacial score (nSPS) is 15.1. The predicted octanol–water partition coefficient (Wildman–Crippen LogP) is 7.85. The van der Waals surface area contributed by atoms with Crippen LogP contribution in [0.1, 0.15) is 41.5 Å². The van der Waals surface area contributed by atoms with Crippen molar-refractivity contribution in [2.45, 2.75) is 41.5 Å². The Morgan fingerprint density at radius 1 is 0.929 bits per heavy atom. The van der Waals surface area contributed by atoms with Gasteiger partial charge in [-0.2, -0.15) is 11.6 Å². The Balaban J connectivity index is 0.000000235. The molecule has 3 aromatic rings. The molecule has 0 N–H and O–H groups in total. The van der Waals surface area contributed by atoms with Crippen LogP contribution >= 0.6 is 12.4 Å². The quantitative estimate of drug-likeness (QED) is 0.294. The molecular weight excluding hydrogens is 439 g/mol. The van der Waals surface area contributed by atoms with Gasteiger partial charge in [0, 0.05) is 0 Å². The summed E-state index contributed by atoms with van der Waals surface area (Å²) in [5.74, 6) is 0.522. The summed E-state index contributed by atoms with van der Waals surface area (Å²) in [6, 6.07) is 19.3. The van der Waals surface area contributed by atoms with Crippen LogP contribution in [0.3, 0.4) is 0 Å². The van der Waals surface area contributed by atoms with E-state index in [9.17, 15) is 0 Å². The molecule has 1 atom stereocenters. The van der Waals surface area contributed by atoms with Crippen molar-refractivity contribution in [1.29, 1.82) is 0 Å². The monoisotopic (exact) mass is 468 g/mol. The molecule has 1 aliphatic carbocycles. The van der Waals surface area contributed by atoms with Crippen molar-refractivity contribution < 1.29 is 24.2 Å². The molecule has 0 saturated heterocycles. The molecule has 1 unspecified atom stereocenters. The van der Waals surface area contributed by atoms with Crippen LogP contribution in [0.15, 0.2) is 72.3 Å². The molecule has 0 bridgehead atoms. The summed E-state index contributed by atoms with van der Waals surface area (Å²) < 4.78 is 1.51. The first-order chi connectivity index (χ1) is 12.7. The van der Waals surface area contributed by atoms with Crippen LogP contribution in [0, 0.1) is 17.4 Å². The van der Waals surface area contributed by atoms with Gasteiger partial charge in [0.2, 0.25) is 0 Å². The molecule has 1 aliphatic rings. The fraction of sp³-hybridized carbons (Fsp3) is 0.308. The zero-order valence-corrected chi connectivity index (χ0v) is 21.1. The molecule has 0 aliphatic heterocycles. The molecule has 3 aromatic carbocycles. The van der Waals surface area contributed by atoms with Gasteiger partial charge < -0.3 is 0 Å². The van der Waals surface area contributed by atoms with E-state index in [4.69, 9.17) is 0 Å². The summed E-state index contributed by atoms with van der Waals surface area (Å²) in [6.07, 6.45) is 7.65. The Hall–Kier alpha value is -1.17. The second kappa shape index (κ2) is 11.1. The number of benzene rings is 2. The van der Waals surface area contributed by atoms with Crippen LogP contribution in [-0.2, 0) is 24.2 Å². The molecule has 0 saturated carbocycles. The molecule has 0 radical (unpaired) electrons. The van der Waals surface area contributed by atoms with Gasteiger partial charge in [-0.05, 0) is 0 Å². The predicted molar refractivity (Wildman–Crippen MR) is 125 cm³/mol. The zero-order chi connectivity index (χ0) is 20.0. The molecular formula is C26H31ClZr. The van der Waals surface area contributed by atoms with Crippen molar-refractivity contribution in [3.8, 4) is 0 Å². The topological polar surface area (TPSA) is 0 Å². The standard InChI is InChI=1S/C13H9.C10H15.C3H6.ClH.Zr/c1-3-7-12-10(5-1)9-11-6-2-4-8-13(11)12;1-8-5-6-9(7-8)10(2,3)4;1-3-2;;/h1-9H;6-8H,1-4H3;1-2H3;1H;/q2*-1;;;+2. The van der Waals surface area contributed by atoms with Gasteiger partial charge in [-0.1, -0.05) is 75.4 Å². The second-order valence-electron chi connectivity index (χ2n) is 8.29. The van der Waals surface area contributed by atoms with E-state index in [1.54, 1.807) is 24.2 Å². The number of rotatable bonds is 0. The summed E-state index contributed by atoms with van der Waals surface area (Å²) in [6.45, 7) is 13.1. The third-order valence-corrected chi connectivity index (χ3v) is 4.32. The first kappa shape index (κ1) is 24.9. The van der Waals surface area contributed by atoms with Crippen molar-refractivity contribution >= 4 is 37.2 Å². The van der Waals surface area contributed by atoms with Crippen molar-refractivity contribution in [2.24, 2.45) is 11.3 Å². The molecule has 146 valence electrons. The summed E-state index contributed by atoms with van der Waals surface area (Å²) >= 11 is 1.55. The average molecular weight is 470 g/mol. The smallest absolute Gasteiger partial charge is 0.0771 e. The van der Waals surface area contributed by atoms with E-state index in [1.807, 2.05) is 0 Å². The van der Waals surface area contributed by atoms with Gasteiger partial charge in [-0.3, -0.25) is 6.08 Å². The summed E-state index contributed by atoms with van der Waals surface area (Å²) in [7, 11) is 0. The first-order valence-corrected chi connectivity index (χ1v) is 10.8. The van der Waals surface area contributed by atoms with Crippen LogP contribution in [0.2, 0.25) is 0 Å². The molecule has 0 aromatic heterocycles. The minimum atomic E-state index is 0. The fourth-order valence-corrected chi connectivity index (χ4v) is 2.96.